The molecule has 108 valence electrons. The summed E-state index contributed by atoms with van der Waals surface area (Å²) in [7, 11) is 0. The largest absolute Gasteiger partial charge is 0.106 e. The maximum Gasteiger partial charge on any atom is -0.0398 e. The van der Waals surface area contributed by atoms with Crippen molar-refractivity contribution in [1.82, 2.24) is 0 Å². The van der Waals surface area contributed by atoms with Gasteiger partial charge < -0.3 is 0 Å². The minimum atomic E-state index is 1.33. The Labute approximate surface area is 125 Å². The van der Waals surface area contributed by atoms with Crippen LogP contribution in [0, 0.1) is 27.7 Å². The van der Waals surface area contributed by atoms with Crippen molar-refractivity contribution in [3.05, 3.63) is 97.1 Å². The van der Waals surface area contributed by atoms with Gasteiger partial charge in [0, 0.05) is 0 Å². The number of hydrogen-bond donors (Lipinski definition) is 0. The first-order valence-corrected chi connectivity index (χ1v) is 6.64. The molecular formula is C20H28. The van der Waals surface area contributed by atoms with Crippen LogP contribution in [0.5, 0.6) is 0 Å². The van der Waals surface area contributed by atoms with Gasteiger partial charge in [-0.25, -0.2) is 0 Å². The van der Waals surface area contributed by atoms with Crippen molar-refractivity contribution in [2.45, 2.75) is 27.7 Å². The Bertz CT molecular complexity index is 347. The lowest BCUT2D eigenvalue weighted by Crippen LogP contribution is -1.70. The molecule has 0 heterocycles. The summed E-state index contributed by atoms with van der Waals surface area (Å²) in [4.78, 5) is 0. The molecule has 0 aliphatic rings. The van der Waals surface area contributed by atoms with Crippen molar-refractivity contribution in [2.24, 2.45) is 0 Å². The zero-order valence-electron chi connectivity index (χ0n) is 13.4. The Hall–Kier alpha value is -2.08. The molecule has 0 radical (unpaired) electrons. The SMILES string of the molecule is C=C.C=C.Cc1ccc(C)cc1.Cc1ccc(C)cc1. The van der Waals surface area contributed by atoms with Gasteiger partial charge in [-0.2, -0.15) is 0 Å². The average molecular weight is 268 g/mol. The van der Waals surface area contributed by atoms with Gasteiger partial charge in [0.25, 0.3) is 0 Å². The van der Waals surface area contributed by atoms with E-state index >= 15 is 0 Å². The molecule has 0 aliphatic heterocycles. The first-order chi connectivity index (χ1) is 9.58. The second-order valence-electron chi connectivity index (χ2n) is 4.31. The zero-order valence-corrected chi connectivity index (χ0v) is 13.4. The van der Waals surface area contributed by atoms with Gasteiger partial charge in [0.2, 0.25) is 0 Å². The lowest BCUT2D eigenvalue weighted by Gasteiger charge is -1.90. The highest BCUT2D eigenvalue weighted by Gasteiger charge is 1.80. The van der Waals surface area contributed by atoms with E-state index in [0.717, 1.165) is 0 Å². The van der Waals surface area contributed by atoms with Gasteiger partial charge in [-0.3, -0.25) is 0 Å². The van der Waals surface area contributed by atoms with Crippen LogP contribution in [0.3, 0.4) is 0 Å². The summed E-state index contributed by atoms with van der Waals surface area (Å²) in [6.07, 6.45) is 0. The van der Waals surface area contributed by atoms with E-state index in [4.69, 9.17) is 0 Å². The smallest absolute Gasteiger partial charge is 0.0398 e. The second kappa shape index (κ2) is 13.4. The predicted octanol–water partition coefficient (Wildman–Crippen LogP) is 6.21. The third-order valence-corrected chi connectivity index (χ3v) is 2.44. The minimum absolute atomic E-state index is 1.33. The van der Waals surface area contributed by atoms with E-state index in [0.29, 0.717) is 0 Å². The fourth-order valence-corrected chi connectivity index (χ4v) is 1.27. The van der Waals surface area contributed by atoms with Gasteiger partial charge in [-0.1, -0.05) is 70.8 Å². The minimum Gasteiger partial charge on any atom is -0.106 e. The number of hydrogen-bond acceptors (Lipinski definition) is 0. The van der Waals surface area contributed by atoms with E-state index < -0.39 is 0 Å². The van der Waals surface area contributed by atoms with Crippen molar-refractivity contribution < 1.29 is 0 Å². The van der Waals surface area contributed by atoms with Crippen molar-refractivity contribution in [3.63, 3.8) is 0 Å². The molecule has 2 rings (SSSR count). The Kier molecular flexibility index (Phi) is 13.5. The molecule has 2 aromatic carbocycles. The van der Waals surface area contributed by atoms with Crippen molar-refractivity contribution in [3.8, 4) is 0 Å². The van der Waals surface area contributed by atoms with Gasteiger partial charge in [-0.15, -0.1) is 26.3 Å². The third-order valence-electron chi connectivity index (χ3n) is 2.44. The van der Waals surface area contributed by atoms with Crippen LogP contribution in [0.1, 0.15) is 22.3 Å². The highest BCUT2D eigenvalue weighted by atomic mass is 13.9. The maximum atomic E-state index is 3.00. The molecule has 0 aliphatic carbocycles. The zero-order chi connectivity index (χ0) is 16.0. The van der Waals surface area contributed by atoms with Crippen LogP contribution in [-0.2, 0) is 0 Å². The van der Waals surface area contributed by atoms with Gasteiger partial charge in [0.1, 0.15) is 0 Å². The Morgan fingerprint density at radius 2 is 0.500 bits per heavy atom. The molecule has 0 saturated heterocycles. The van der Waals surface area contributed by atoms with Crippen LogP contribution in [0.25, 0.3) is 0 Å². The van der Waals surface area contributed by atoms with Crippen LogP contribution in [0.2, 0.25) is 0 Å². The summed E-state index contributed by atoms with van der Waals surface area (Å²) in [6.45, 7) is 20.4. The van der Waals surface area contributed by atoms with Crippen LogP contribution < -0.4 is 0 Å². The summed E-state index contributed by atoms with van der Waals surface area (Å²) in [5.74, 6) is 0. The van der Waals surface area contributed by atoms with E-state index in [1.54, 1.807) is 0 Å². The average Bonchev–Trinajstić information content (AvgIpc) is 2.50. The molecular weight excluding hydrogens is 240 g/mol. The van der Waals surface area contributed by atoms with E-state index in [2.05, 4.69) is 103 Å². The quantitative estimate of drug-likeness (QED) is 0.498. The van der Waals surface area contributed by atoms with Gasteiger partial charge >= 0.3 is 0 Å². The number of benzene rings is 2. The molecule has 0 N–H and O–H groups in total. The molecule has 0 amide bonds. The lowest BCUT2D eigenvalue weighted by atomic mass is 10.2. The molecule has 0 bridgehead atoms. The summed E-state index contributed by atoms with van der Waals surface area (Å²) in [5, 5.41) is 0. The predicted molar refractivity (Wildman–Crippen MR) is 94.3 cm³/mol. The summed E-state index contributed by atoms with van der Waals surface area (Å²) < 4.78 is 0. The van der Waals surface area contributed by atoms with E-state index in [1.165, 1.54) is 22.3 Å². The highest BCUT2D eigenvalue weighted by Crippen LogP contribution is 2.00. The Morgan fingerprint density at radius 1 is 0.400 bits per heavy atom. The van der Waals surface area contributed by atoms with Crippen molar-refractivity contribution in [2.75, 3.05) is 0 Å². The number of aryl methyl sites for hydroxylation is 4. The van der Waals surface area contributed by atoms with Gasteiger partial charge in [-0.05, 0) is 27.7 Å². The van der Waals surface area contributed by atoms with Crippen LogP contribution in [0.15, 0.2) is 74.8 Å². The third kappa shape index (κ3) is 11.0. The molecule has 0 saturated carbocycles. The Morgan fingerprint density at radius 3 is 0.600 bits per heavy atom. The molecule has 0 atom stereocenters. The standard InChI is InChI=1S/2C8H10.2C2H4/c2*1-7-3-5-8(2)6-4-7;2*1-2/h2*3-6H,1-2H3;2*1-2H2. The van der Waals surface area contributed by atoms with Gasteiger partial charge in [0.05, 0.1) is 0 Å². The summed E-state index contributed by atoms with van der Waals surface area (Å²) >= 11 is 0. The normalized spacial score (nSPS) is 7.80. The lowest BCUT2D eigenvalue weighted by molar-refractivity contribution is 1.40. The van der Waals surface area contributed by atoms with E-state index in [9.17, 15) is 0 Å². The number of rotatable bonds is 0. The molecule has 0 fully saturated rings. The fraction of sp³-hybridized carbons (Fsp3) is 0.200. The summed E-state index contributed by atoms with van der Waals surface area (Å²) in [6, 6.07) is 17.0. The fourth-order valence-electron chi connectivity index (χ4n) is 1.27. The Balaban J connectivity index is 0. The first-order valence-electron chi connectivity index (χ1n) is 6.64. The van der Waals surface area contributed by atoms with Crippen molar-refractivity contribution in [1.29, 1.82) is 0 Å². The summed E-state index contributed by atoms with van der Waals surface area (Å²) in [5.41, 5.74) is 5.32. The molecule has 20 heavy (non-hydrogen) atoms. The second-order valence-corrected chi connectivity index (χ2v) is 4.31. The molecule has 0 nitrogen and oxygen atoms in total. The molecule has 0 aromatic heterocycles. The molecule has 0 spiro atoms. The van der Waals surface area contributed by atoms with Crippen LogP contribution in [-0.4, -0.2) is 0 Å². The van der Waals surface area contributed by atoms with Crippen LogP contribution in [0.4, 0.5) is 0 Å². The maximum absolute atomic E-state index is 3.00. The van der Waals surface area contributed by atoms with E-state index in [1.807, 2.05) is 0 Å². The topological polar surface area (TPSA) is 0 Å². The highest BCUT2D eigenvalue weighted by molar-refractivity contribution is 5.20. The monoisotopic (exact) mass is 268 g/mol. The van der Waals surface area contributed by atoms with Gasteiger partial charge in [0.15, 0.2) is 0 Å². The van der Waals surface area contributed by atoms with E-state index in [-0.39, 0.29) is 0 Å². The van der Waals surface area contributed by atoms with Crippen LogP contribution >= 0.6 is 0 Å². The van der Waals surface area contributed by atoms with Crippen molar-refractivity contribution >= 4 is 0 Å². The molecule has 0 heteroatoms. The first kappa shape index (κ1) is 20.2. The molecule has 0 unspecified atom stereocenters. The molecule has 2 aromatic rings.